The van der Waals surface area contributed by atoms with Crippen LogP contribution in [0.5, 0.6) is 0 Å². The van der Waals surface area contributed by atoms with Gasteiger partial charge < -0.3 is 5.32 Å². The van der Waals surface area contributed by atoms with Crippen molar-refractivity contribution in [3.05, 3.63) is 34.9 Å². The summed E-state index contributed by atoms with van der Waals surface area (Å²) in [5.74, 6) is 0. The van der Waals surface area contributed by atoms with E-state index in [2.05, 4.69) is 36.3 Å². The molecule has 2 nitrogen and oxygen atoms in total. The Hall–Kier alpha value is -0.570. The van der Waals surface area contributed by atoms with Gasteiger partial charge in [0.15, 0.2) is 0 Å². The first-order valence-corrected chi connectivity index (χ1v) is 6.24. The summed E-state index contributed by atoms with van der Waals surface area (Å²) in [5.41, 5.74) is 1.29. The number of hydrogen-bond acceptors (Lipinski definition) is 2. The maximum absolute atomic E-state index is 6.02. The lowest BCUT2D eigenvalue weighted by Crippen LogP contribution is -2.35. The van der Waals surface area contributed by atoms with Crippen LogP contribution in [0.2, 0.25) is 5.02 Å². The number of halogens is 1. The maximum Gasteiger partial charge on any atom is 0.0409 e. The predicted molar refractivity (Wildman–Crippen MR) is 68.9 cm³/mol. The van der Waals surface area contributed by atoms with Crippen molar-refractivity contribution < 1.29 is 0 Å². The summed E-state index contributed by atoms with van der Waals surface area (Å²) in [6.07, 6.45) is 1.24. The molecule has 0 aliphatic carbocycles. The Morgan fingerprint density at radius 2 is 2.31 bits per heavy atom. The molecule has 2 rings (SSSR count). The van der Waals surface area contributed by atoms with Crippen LogP contribution in [0.25, 0.3) is 0 Å². The van der Waals surface area contributed by atoms with E-state index in [1.807, 2.05) is 12.1 Å². The van der Waals surface area contributed by atoms with Crippen molar-refractivity contribution in [3.63, 3.8) is 0 Å². The summed E-state index contributed by atoms with van der Waals surface area (Å²) in [6.45, 7) is 4.47. The molecule has 1 fully saturated rings. The van der Waals surface area contributed by atoms with Gasteiger partial charge in [0.1, 0.15) is 0 Å². The molecule has 0 saturated carbocycles. The molecule has 1 aromatic carbocycles. The average Bonchev–Trinajstić information content (AvgIpc) is 2.80. The lowest BCUT2D eigenvalue weighted by atomic mass is 10.1. The van der Waals surface area contributed by atoms with Crippen LogP contribution in [0.1, 0.15) is 24.9 Å². The molecule has 16 heavy (non-hydrogen) atoms. The van der Waals surface area contributed by atoms with Crippen LogP contribution >= 0.6 is 11.6 Å². The Balaban J connectivity index is 2.08. The van der Waals surface area contributed by atoms with E-state index in [4.69, 9.17) is 11.6 Å². The Labute approximate surface area is 103 Å². The highest BCUT2D eigenvalue weighted by molar-refractivity contribution is 6.30. The van der Waals surface area contributed by atoms with E-state index in [1.165, 1.54) is 12.0 Å². The van der Waals surface area contributed by atoms with Crippen LogP contribution in [0.4, 0.5) is 0 Å². The zero-order valence-corrected chi connectivity index (χ0v) is 10.7. The normalized spacial score (nSPS) is 22.6. The Morgan fingerprint density at radius 1 is 1.50 bits per heavy atom. The smallest absolute Gasteiger partial charge is 0.0409 e. The SMILES string of the molecule is CC(c1cccc(Cl)c1)N(C)C1CCNC1. The first-order valence-electron chi connectivity index (χ1n) is 5.86. The minimum atomic E-state index is 0.420. The van der Waals surface area contributed by atoms with Gasteiger partial charge in [0.25, 0.3) is 0 Å². The monoisotopic (exact) mass is 238 g/mol. The number of benzene rings is 1. The molecule has 1 heterocycles. The van der Waals surface area contributed by atoms with Crippen molar-refractivity contribution in [1.29, 1.82) is 0 Å². The number of likely N-dealkylation sites (N-methyl/N-ethyl adjacent to an activating group) is 1. The molecule has 2 atom stereocenters. The average molecular weight is 239 g/mol. The number of hydrogen-bond donors (Lipinski definition) is 1. The molecule has 2 unspecified atom stereocenters. The van der Waals surface area contributed by atoms with Gasteiger partial charge in [-0.1, -0.05) is 23.7 Å². The minimum Gasteiger partial charge on any atom is -0.315 e. The van der Waals surface area contributed by atoms with Crippen LogP contribution < -0.4 is 5.32 Å². The number of nitrogens with one attached hydrogen (secondary N) is 1. The maximum atomic E-state index is 6.02. The van der Waals surface area contributed by atoms with Crippen LogP contribution in [0.15, 0.2) is 24.3 Å². The standard InChI is InChI=1S/C13H19ClN2/c1-10(11-4-3-5-12(14)8-11)16(2)13-6-7-15-9-13/h3-5,8,10,13,15H,6-7,9H2,1-2H3. The third-order valence-corrected chi connectivity index (χ3v) is 3.79. The summed E-state index contributed by atoms with van der Waals surface area (Å²) in [6, 6.07) is 9.22. The molecule has 1 aliphatic heterocycles. The second-order valence-corrected chi connectivity index (χ2v) is 4.98. The highest BCUT2D eigenvalue weighted by Crippen LogP contribution is 2.24. The van der Waals surface area contributed by atoms with Gasteiger partial charge in [0.2, 0.25) is 0 Å². The van der Waals surface area contributed by atoms with E-state index in [0.29, 0.717) is 12.1 Å². The van der Waals surface area contributed by atoms with Gasteiger partial charge in [-0.2, -0.15) is 0 Å². The van der Waals surface area contributed by atoms with E-state index in [0.717, 1.165) is 18.1 Å². The molecule has 1 N–H and O–H groups in total. The van der Waals surface area contributed by atoms with E-state index < -0.39 is 0 Å². The second kappa shape index (κ2) is 5.17. The molecular formula is C13H19ClN2. The first kappa shape index (κ1) is 11.9. The highest BCUT2D eigenvalue weighted by Gasteiger charge is 2.23. The van der Waals surface area contributed by atoms with E-state index >= 15 is 0 Å². The molecule has 1 aromatic rings. The van der Waals surface area contributed by atoms with E-state index in [1.54, 1.807) is 0 Å². The van der Waals surface area contributed by atoms with Crippen LogP contribution in [0.3, 0.4) is 0 Å². The predicted octanol–water partition coefficient (Wildman–Crippen LogP) is 2.69. The minimum absolute atomic E-state index is 0.420. The van der Waals surface area contributed by atoms with Crippen molar-refractivity contribution >= 4 is 11.6 Å². The zero-order chi connectivity index (χ0) is 11.5. The van der Waals surface area contributed by atoms with Crippen LogP contribution in [0, 0.1) is 0 Å². The fourth-order valence-electron chi connectivity index (χ4n) is 2.30. The zero-order valence-electron chi connectivity index (χ0n) is 9.91. The lowest BCUT2D eigenvalue weighted by molar-refractivity contribution is 0.197. The molecule has 1 aliphatic rings. The molecule has 0 bridgehead atoms. The molecule has 0 spiro atoms. The topological polar surface area (TPSA) is 15.3 Å². The molecule has 1 saturated heterocycles. The molecule has 3 heteroatoms. The number of rotatable bonds is 3. The fourth-order valence-corrected chi connectivity index (χ4v) is 2.50. The molecular weight excluding hydrogens is 220 g/mol. The van der Waals surface area contributed by atoms with Crippen molar-refractivity contribution in [1.82, 2.24) is 10.2 Å². The van der Waals surface area contributed by atoms with Gasteiger partial charge in [0.05, 0.1) is 0 Å². The second-order valence-electron chi connectivity index (χ2n) is 4.54. The summed E-state index contributed by atoms with van der Waals surface area (Å²) in [5, 5.41) is 4.22. The Morgan fingerprint density at radius 3 is 2.94 bits per heavy atom. The lowest BCUT2D eigenvalue weighted by Gasteiger charge is -2.30. The van der Waals surface area contributed by atoms with Gasteiger partial charge >= 0.3 is 0 Å². The van der Waals surface area contributed by atoms with Gasteiger partial charge in [-0.05, 0) is 44.6 Å². The molecule has 0 aromatic heterocycles. The van der Waals surface area contributed by atoms with Crippen LogP contribution in [-0.4, -0.2) is 31.1 Å². The summed E-state index contributed by atoms with van der Waals surface area (Å²) in [7, 11) is 2.20. The number of nitrogens with zero attached hydrogens (tertiary/aromatic N) is 1. The summed E-state index contributed by atoms with van der Waals surface area (Å²) in [4.78, 5) is 2.44. The van der Waals surface area contributed by atoms with Crippen molar-refractivity contribution in [2.45, 2.75) is 25.4 Å². The summed E-state index contributed by atoms with van der Waals surface area (Å²) < 4.78 is 0. The van der Waals surface area contributed by atoms with E-state index in [-0.39, 0.29) is 0 Å². The Kier molecular flexibility index (Phi) is 3.85. The van der Waals surface area contributed by atoms with Crippen molar-refractivity contribution in [2.75, 3.05) is 20.1 Å². The Bertz CT molecular complexity index is 348. The summed E-state index contributed by atoms with van der Waals surface area (Å²) >= 11 is 6.02. The van der Waals surface area contributed by atoms with Gasteiger partial charge in [-0.3, -0.25) is 4.90 Å². The third kappa shape index (κ3) is 2.57. The van der Waals surface area contributed by atoms with Gasteiger partial charge in [0, 0.05) is 23.7 Å². The van der Waals surface area contributed by atoms with Gasteiger partial charge in [-0.25, -0.2) is 0 Å². The molecule has 88 valence electrons. The first-order chi connectivity index (χ1) is 7.68. The highest BCUT2D eigenvalue weighted by atomic mass is 35.5. The molecule has 0 amide bonds. The van der Waals surface area contributed by atoms with Gasteiger partial charge in [-0.15, -0.1) is 0 Å². The third-order valence-electron chi connectivity index (χ3n) is 3.55. The fraction of sp³-hybridized carbons (Fsp3) is 0.538. The van der Waals surface area contributed by atoms with Crippen LogP contribution in [-0.2, 0) is 0 Å². The van der Waals surface area contributed by atoms with E-state index in [9.17, 15) is 0 Å². The quantitative estimate of drug-likeness (QED) is 0.871. The molecule has 0 radical (unpaired) electrons. The van der Waals surface area contributed by atoms with Crippen molar-refractivity contribution in [2.24, 2.45) is 0 Å². The van der Waals surface area contributed by atoms with Crippen molar-refractivity contribution in [3.8, 4) is 0 Å². The largest absolute Gasteiger partial charge is 0.315 e.